The van der Waals surface area contributed by atoms with E-state index >= 15 is 0 Å². The van der Waals surface area contributed by atoms with Gasteiger partial charge in [0.15, 0.2) is 0 Å². The third-order valence-corrected chi connectivity index (χ3v) is 4.46. The van der Waals surface area contributed by atoms with Crippen LogP contribution in [0.1, 0.15) is 24.2 Å². The first-order valence-electron chi connectivity index (χ1n) is 5.80. The Labute approximate surface area is 111 Å². The predicted octanol–water partition coefficient (Wildman–Crippen LogP) is 0.246. The van der Waals surface area contributed by atoms with Crippen LogP contribution >= 0.6 is 0 Å². The third-order valence-electron chi connectivity index (χ3n) is 2.95. The van der Waals surface area contributed by atoms with Gasteiger partial charge in [-0.25, -0.2) is 13.1 Å². The van der Waals surface area contributed by atoms with Crippen molar-refractivity contribution in [2.45, 2.75) is 24.4 Å². The highest BCUT2D eigenvalue weighted by Gasteiger charge is 2.20. The third kappa shape index (κ3) is 2.86. The minimum absolute atomic E-state index is 0.214. The van der Waals surface area contributed by atoms with Crippen LogP contribution in [0.4, 0.5) is 0 Å². The molecule has 0 saturated heterocycles. The molecule has 1 unspecified atom stereocenters. The number of hydrogen-bond acceptors (Lipinski definition) is 4. The molecule has 2 aromatic heterocycles. The number of nitrogens with one attached hydrogen (secondary N) is 2. The van der Waals surface area contributed by atoms with Crippen LogP contribution in [0.2, 0.25) is 0 Å². The SMILES string of the molecule is CC(NS(=O)(=O)c1cc(CN)n(C)c1)c1cn[nH]c1. The average Bonchev–Trinajstić information content (AvgIpc) is 2.96. The van der Waals surface area contributed by atoms with Crippen LogP contribution in [-0.4, -0.2) is 23.2 Å². The largest absolute Gasteiger partial charge is 0.352 e. The maximum Gasteiger partial charge on any atom is 0.242 e. The van der Waals surface area contributed by atoms with Gasteiger partial charge in [0.05, 0.1) is 11.1 Å². The van der Waals surface area contributed by atoms with Gasteiger partial charge < -0.3 is 10.3 Å². The Kier molecular flexibility index (Phi) is 3.74. The minimum atomic E-state index is -3.57. The van der Waals surface area contributed by atoms with Crippen molar-refractivity contribution in [3.63, 3.8) is 0 Å². The molecule has 0 saturated carbocycles. The summed E-state index contributed by atoms with van der Waals surface area (Å²) in [5, 5.41) is 6.45. The van der Waals surface area contributed by atoms with Crippen LogP contribution < -0.4 is 10.5 Å². The van der Waals surface area contributed by atoms with Crippen molar-refractivity contribution in [2.24, 2.45) is 12.8 Å². The van der Waals surface area contributed by atoms with Crippen LogP contribution in [0.3, 0.4) is 0 Å². The van der Waals surface area contributed by atoms with E-state index in [0.717, 1.165) is 11.3 Å². The molecule has 0 aliphatic heterocycles. The molecule has 0 spiro atoms. The van der Waals surface area contributed by atoms with E-state index in [1.54, 1.807) is 43.2 Å². The van der Waals surface area contributed by atoms with Gasteiger partial charge in [-0.1, -0.05) is 0 Å². The second-order valence-corrected chi connectivity index (χ2v) is 6.07. The molecular weight excluding hydrogens is 266 g/mol. The fraction of sp³-hybridized carbons (Fsp3) is 0.364. The number of nitrogens with two attached hydrogens (primary N) is 1. The molecule has 8 heteroatoms. The fourth-order valence-corrected chi connectivity index (χ4v) is 3.12. The van der Waals surface area contributed by atoms with Crippen molar-refractivity contribution in [1.82, 2.24) is 19.5 Å². The molecule has 0 aliphatic rings. The number of sulfonamides is 1. The van der Waals surface area contributed by atoms with Gasteiger partial charge >= 0.3 is 0 Å². The highest BCUT2D eigenvalue weighted by molar-refractivity contribution is 7.89. The van der Waals surface area contributed by atoms with E-state index in [2.05, 4.69) is 14.9 Å². The summed E-state index contributed by atoms with van der Waals surface area (Å²) in [6.45, 7) is 2.05. The molecule has 4 N–H and O–H groups in total. The Morgan fingerprint density at radius 1 is 1.58 bits per heavy atom. The van der Waals surface area contributed by atoms with Crippen molar-refractivity contribution in [3.05, 3.63) is 35.9 Å². The second-order valence-electron chi connectivity index (χ2n) is 4.36. The van der Waals surface area contributed by atoms with E-state index in [-0.39, 0.29) is 10.9 Å². The van der Waals surface area contributed by atoms with Gasteiger partial charge in [-0.05, 0) is 13.0 Å². The molecule has 1 atom stereocenters. The quantitative estimate of drug-likeness (QED) is 0.731. The van der Waals surface area contributed by atoms with E-state index in [0.29, 0.717) is 6.54 Å². The van der Waals surface area contributed by atoms with Gasteiger partial charge in [-0.15, -0.1) is 0 Å². The number of nitrogens with zero attached hydrogens (tertiary/aromatic N) is 2. The van der Waals surface area contributed by atoms with Gasteiger partial charge in [0.1, 0.15) is 0 Å². The van der Waals surface area contributed by atoms with E-state index < -0.39 is 10.0 Å². The first-order valence-corrected chi connectivity index (χ1v) is 7.28. The Bertz CT molecular complexity index is 645. The first kappa shape index (κ1) is 13.8. The first-order chi connectivity index (χ1) is 8.94. The van der Waals surface area contributed by atoms with Crippen molar-refractivity contribution in [2.75, 3.05) is 0 Å². The molecule has 2 heterocycles. The highest BCUT2D eigenvalue weighted by Crippen LogP contribution is 2.17. The Morgan fingerprint density at radius 3 is 2.84 bits per heavy atom. The van der Waals surface area contributed by atoms with Crippen molar-refractivity contribution in [3.8, 4) is 0 Å². The zero-order valence-corrected chi connectivity index (χ0v) is 11.6. The summed E-state index contributed by atoms with van der Waals surface area (Å²) in [7, 11) is -1.80. The summed E-state index contributed by atoms with van der Waals surface area (Å²) in [5.74, 6) is 0. The standard InChI is InChI=1S/C11H17N5O2S/c1-8(9-5-13-14-6-9)15-19(17,18)11-3-10(4-12)16(2)7-11/h3,5-8,15H,4,12H2,1-2H3,(H,13,14). The normalized spacial score (nSPS) is 13.6. The summed E-state index contributed by atoms with van der Waals surface area (Å²) >= 11 is 0. The van der Waals surface area contributed by atoms with E-state index in [9.17, 15) is 8.42 Å². The predicted molar refractivity (Wildman–Crippen MR) is 70.6 cm³/mol. The molecule has 0 fully saturated rings. The molecule has 0 bridgehead atoms. The number of aromatic nitrogens is 3. The topological polar surface area (TPSA) is 106 Å². The Morgan fingerprint density at radius 2 is 2.32 bits per heavy atom. The number of H-pyrrole nitrogens is 1. The highest BCUT2D eigenvalue weighted by atomic mass is 32.2. The Balaban J connectivity index is 2.22. The number of hydrogen-bond donors (Lipinski definition) is 3. The number of aryl methyl sites for hydroxylation is 1. The molecule has 0 amide bonds. The smallest absolute Gasteiger partial charge is 0.242 e. The lowest BCUT2D eigenvalue weighted by Gasteiger charge is -2.11. The molecule has 2 aromatic rings. The molecule has 7 nitrogen and oxygen atoms in total. The second kappa shape index (κ2) is 5.16. The molecule has 0 radical (unpaired) electrons. The lowest BCUT2D eigenvalue weighted by molar-refractivity contribution is 0.567. The molecule has 0 aliphatic carbocycles. The Hall–Kier alpha value is -1.64. The maximum absolute atomic E-state index is 12.2. The van der Waals surface area contributed by atoms with Crippen molar-refractivity contribution in [1.29, 1.82) is 0 Å². The summed E-state index contributed by atoms with van der Waals surface area (Å²) < 4.78 is 28.7. The van der Waals surface area contributed by atoms with Gasteiger partial charge in [0, 0.05) is 43.3 Å². The molecular formula is C11H17N5O2S. The van der Waals surface area contributed by atoms with E-state index in [4.69, 9.17) is 5.73 Å². The number of rotatable bonds is 5. The minimum Gasteiger partial charge on any atom is -0.352 e. The molecule has 104 valence electrons. The van der Waals surface area contributed by atoms with Crippen molar-refractivity contribution < 1.29 is 8.42 Å². The van der Waals surface area contributed by atoms with Gasteiger partial charge in [-0.3, -0.25) is 5.10 Å². The lowest BCUT2D eigenvalue weighted by Crippen LogP contribution is -2.26. The van der Waals surface area contributed by atoms with Crippen LogP contribution in [0, 0.1) is 0 Å². The fourth-order valence-electron chi connectivity index (χ4n) is 1.79. The molecule has 19 heavy (non-hydrogen) atoms. The molecule has 0 aromatic carbocycles. The van der Waals surface area contributed by atoms with Crippen LogP contribution in [-0.2, 0) is 23.6 Å². The van der Waals surface area contributed by atoms with Crippen LogP contribution in [0.5, 0.6) is 0 Å². The summed E-state index contributed by atoms with van der Waals surface area (Å²) in [6.07, 6.45) is 4.79. The lowest BCUT2D eigenvalue weighted by atomic mass is 10.2. The summed E-state index contributed by atoms with van der Waals surface area (Å²) in [5.41, 5.74) is 7.07. The zero-order chi connectivity index (χ0) is 14.0. The van der Waals surface area contributed by atoms with Crippen LogP contribution in [0.25, 0.3) is 0 Å². The maximum atomic E-state index is 12.2. The van der Waals surface area contributed by atoms with Crippen molar-refractivity contribution >= 4 is 10.0 Å². The van der Waals surface area contributed by atoms with Crippen LogP contribution in [0.15, 0.2) is 29.6 Å². The average molecular weight is 283 g/mol. The monoisotopic (exact) mass is 283 g/mol. The zero-order valence-electron chi connectivity index (χ0n) is 10.8. The van der Waals surface area contributed by atoms with E-state index in [1.807, 2.05) is 0 Å². The van der Waals surface area contributed by atoms with Gasteiger partial charge in [-0.2, -0.15) is 5.10 Å². The van der Waals surface area contributed by atoms with Gasteiger partial charge in [0.2, 0.25) is 10.0 Å². The van der Waals surface area contributed by atoms with Gasteiger partial charge in [0.25, 0.3) is 0 Å². The number of aromatic amines is 1. The summed E-state index contributed by atoms with van der Waals surface area (Å²) in [6, 6.07) is 1.22. The van der Waals surface area contributed by atoms with E-state index in [1.165, 1.54) is 0 Å². The molecule has 2 rings (SSSR count). The summed E-state index contributed by atoms with van der Waals surface area (Å²) in [4.78, 5) is 0.214.